The monoisotopic (exact) mass is 178 g/mol. The predicted molar refractivity (Wildman–Crippen MR) is 50.5 cm³/mol. The van der Waals surface area contributed by atoms with Crippen LogP contribution in [0.4, 0.5) is 0 Å². The van der Waals surface area contributed by atoms with Crippen molar-refractivity contribution in [3.8, 4) is 0 Å². The molecule has 2 rings (SSSR count). The summed E-state index contributed by atoms with van der Waals surface area (Å²) in [6, 6.07) is 0. The maximum absolute atomic E-state index is 10.9. The minimum atomic E-state index is -0.301. The van der Waals surface area contributed by atoms with Crippen LogP contribution in [0.3, 0.4) is 0 Å². The third kappa shape index (κ3) is 1.59. The third-order valence-electron chi connectivity index (χ3n) is 2.72. The van der Waals surface area contributed by atoms with Gasteiger partial charge in [0.1, 0.15) is 0 Å². The van der Waals surface area contributed by atoms with Crippen molar-refractivity contribution in [1.82, 2.24) is 5.32 Å². The summed E-state index contributed by atoms with van der Waals surface area (Å²) in [5.74, 6) is -0.301. The largest absolute Gasteiger partial charge is 0.366 e. The molecule has 0 aromatic heterocycles. The van der Waals surface area contributed by atoms with Gasteiger partial charge in [0.25, 0.3) is 0 Å². The molecule has 1 amide bonds. The molecule has 1 aliphatic carbocycles. The highest BCUT2D eigenvalue weighted by molar-refractivity contribution is 5.92. The first-order valence-corrected chi connectivity index (χ1v) is 4.73. The van der Waals surface area contributed by atoms with Gasteiger partial charge in [0.05, 0.1) is 0 Å². The van der Waals surface area contributed by atoms with E-state index in [9.17, 15) is 4.79 Å². The fourth-order valence-electron chi connectivity index (χ4n) is 1.95. The zero-order chi connectivity index (χ0) is 9.26. The number of dihydropyridines is 1. The Morgan fingerprint density at radius 2 is 2.15 bits per heavy atom. The molecular formula is C10H14N2O. The van der Waals surface area contributed by atoms with Crippen LogP contribution in [0.15, 0.2) is 23.0 Å². The molecule has 0 unspecified atom stereocenters. The number of primary amides is 1. The number of hydrogen-bond donors (Lipinski definition) is 2. The topological polar surface area (TPSA) is 55.1 Å². The average molecular weight is 178 g/mol. The molecule has 0 saturated carbocycles. The van der Waals surface area contributed by atoms with Crippen LogP contribution in [-0.4, -0.2) is 5.91 Å². The van der Waals surface area contributed by atoms with Crippen LogP contribution < -0.4 is 11.1 Å². The Balaban J connectivity index is 2.14. The molecular weight excluding hydrogens is 164 g/mol. The molecule has 0 atom stereocenters. The molecule has 3 N–H and O–H groups in total. The molecule has 0 saturated heterocycles. The van der Waals surface area contributed by atoms with E-state index < -0.39 is 0 Å². The van der Waals surface area contributed by atoms with Gasteiger partial charge in [-0.1, -0.05) is 0 Å². The van der Waals surface area contributed by atoms with E-state index >= 15 is 0 Å². The number of hydrogen-bond acceptors (Lipinski definition) is 2. The maximum atomic E-state index is 10.9. The standard InChI is InChI=1S/C10H14N2O/c11-10(13)8-5-7-3-1-2-4-9(7)12-6-8/h6,12H,1-5H2,(H2,11,13). The quantitative estimate of drug-likeness (QED) is 0.633. The SMILES string of the molecule is NC(=O)C1=CNC2=C(CCCC2)C1. The van der Waals surface area contributed by atoms with Crippen LogP contribution in [-0.2, 0) is 4.79 Å². The maximum Gasteiger partial charge on any atom is 0.246 e. The van der Waals surface area contributed by atoms with E-state index in [4.69, 9.17) is 5.73 Å². The number of amides is 1. The fraction of sp³-hybridized carbons (Fsp3) is 0.500. The van der Waals surface area contributed by atoms with Gasteiger partial charge in [0.15, 0.2) is 0 Å². The fourth-order valence-corrected chi connectivity index (χ4v) is 1.95. The van der Waals surface area contributed by atoms with E-state index in [0.29, 0.717) is 5.57 Å². The molecule has 0 fully saturated rings. The van der Waals surface area contributed by atoms with Crippen molar-refractivity contribution in [3.05, 3.63) is 23.0 Å². The van der Waals surface area contributed by atoms with Crippen molar-refractivity contribution in [3.63, 3.8) is 0 Å². The average Bonchev–Trinajstić information content (AvgIpc) is 2.17. The van der Waals surface area contributed by atoms with Gasteiger partial charge in [-0.15, -0.1) is 0 Å². The van der Waals surface area contributed by atoms with E-state index in [1.165, 1.54) is 24.1 Å². The van der Waals surface area contributed by atoms with Gasteiger partial charge in [0.2, 0.25) is 5.91 Å². The summed E-state index contributed by atoms with van der Waals surface area (Å²) in [6.45, 7) is 0. The van der Waals surface area contributed by atoms with E-state index in [1.54, 1.807) is 6.20 Å². The number of nitrogens with two attached hydrogens (primary N) is 1. The van der Waals surface area contributed by atoms with Gasteiger partial charge in [0, 0.05) is 23.9 Å². The van der Waals surface area contributed by atoms with Crippen molar-refractivity contribution in [1.29, 1.82) is 0 Å². The molecule has 0 bridgehead atoms. The van der Waals surface area contributed by atoms with Crippen LogP contribution in [0.5, 0.6) is 0 Å². The summed E-state index contributed by atoms with van der Waals surface area (Å²) < 4.78 is 0. The smallest absolute Gasteiger partial charge is 0.246 e. The number of allylic oxidation sites excluding steroid dienone is 2. The zero-order valence-corrected chi connectivity index (χ0v) is 7.60. The molecule has 1 heterocycles. The van der Waals surface area contributed by atoms with Crippen molar-refractivity contribution in [2.75, 3.05) is 0 Å². The zero-order valence-electron chi connectivity index (χ0n) is 7.60. The summed E-state index contributed by atoms with van der Waals surface area (Å²) in [5.41, 5.74) is 8.62. The Kier molecular flexibility index (Phi) is 2.08. The van der Waals surface area contributed by atoms with Gasteiger partial charge >= 0.3 is 0 Å². The second-order valence-electron chi connectivity index (χ2n) is 3.64. The van der Waals surface area contributed by atoms with Gasteiger partial charge < -0.3 is 11.1 Å². The molecule has 1 aliphatic heterocycles. The molecule has 0 aromatic rings. The Morgan fingerprint density at radius 3 is 2.92 bits per heavy atom. The minimum Gasteiger partial charge on any atom is -0.366 e. The van der Waals surface area contributed by atoms with Crippen molar-refractivity contribution >= 4 is 5.91 Å². The summed E-state index contributed by atoms with van der Waals surface area (Å²) in [6.07, 6.45) is 7.26. The predicted octanol–water partition coefficient (Wildman–Crippen LogP) is 1.18. The van der Waals surface area contributed by atoms with Crippen LogP contribution in [0.2, 0.25) is 0 Å². The molecule has 70 valence electrons. The highest BCUT2D eigenvalue weighted by Crippen LogP contribution is 2.30. The Morgan fingerprint density at radius 1 is 1.38 bits per heavy atom. The van der Waals surface area contributed by atoms with Gasteiger partial charge in [-0.05, 0) is 31.3 Å². The molecule has 3 nitrogen and oxygen atoms in total. The van der Waals surface area contributed by atoms with Crippen molar-refractivity contribution in [2.45, 2.75) is 32.1 Å². The lowest BCUT2D eigenvalue weighted by atomic mass is 9.89. The second-order valence-corrected chi connectivity index (χ2v) is 3.64. The normalized spacial score (nSPS) is 21.7. The van der Waals surface area contributed by atoms with Crippen LogP contribution in [0, 0.1) is 0 Å². The highest BCUT2D eigenvalue weighted by Gasteiger charge is 2.19. The van der Waals surface area contributed by atoms with Crippen LogP contribution in [0.25, 0.3) is 0 Å². The molecule has 3 heteroatoms. The first-order chi connectivity index (χ1) is 6.27. The van der Waals surface area contributed by atoms with E-state index in [2.05, 4.69) is 5.32 Å². The highest BCUT2D eigenvalue weighted by atomic mass is 16.1. The number of carbonyl (C=O) groups is 1. The lowest BCUT2D eigenvalue weighted by molar-refractivity contribution is -0.114. The number of nitrogens with one attached hydrogen (secondary N) is 1. The van der Waals surface area contributed by atoms with Gasteiger partial charge in [-0.2, -0.15) is 0 Å². The van der Waals surface area contributed by atoms with Crippen LogP contribution in [0.1, 0.15) is 32.1 Å². The lowest BCUT2D eigenvalue weighted by Gasteiger charge is -2.24. The summed E-state index contributed by atoms with van der Waals surface area (Å²) in [7, 11) is 0. The molecule has 0 radical (unpaired) electrons. The molecule has 13 heavy (non-hydrogen) atoms. The van der Waals surface area contributed by atoms with E-state index in [1.807, 2.05) is 0 Å². The van der Waals surface area contributed by atoms with Crippen LogP contribution >= 0.6 is 0 Å². The van der Waals surface area contributed by atoms with Gasteiger partial charge in [-0.3, -0.25) is 4.79 Å². The Bertz CT molecular complexity index is 302. The summed E-state index contributed by atoms with van der Waals surface area (Å²) in [5, 5.41) is 3.17. The van der Waals surface area contributed by atoms with Gasteiger partial charge in [-0.25, -0.2) is 0 Å². The molecule has 0 spiro atoms. The number of rotatable bonds is 1. The summed E-state index contributed by atoms with van der Waals surface area (Å²) >= 11 is 0. The van der Waals surface area contributed by atoms with Crippen molar-refractivity contribution in [2.24, 2.45) is 5.73 Å². The Labute approximate surface area is 77.7 Å². The first-order valence-electron chi connectivity index (χ1n) is 4.73. The molecule has 0 aromatic carbocycles. The molecule has 2 aliphatic rings. The van der Waals surface area contributed by atoms with Crippen molar-refractivity contribution < 1.29 is 4.79 Å². The third-order valence-corrected chi connectivity index (χ3v) is 2.72. The Hall–Kier alpha value is -1.25. The second kappa shape index (κ2) is 3.24. The summed E-state index contributed by atoms with van der Waals surface area (Å²) in [4.78, 5) is 10.9. The number of carbonyl (C=O) groups excluding carboxylic acids is 1. The lowest BCUT2D eigenvalue weighted by Crippen LogP contribution is -2.24. The van der Waals surface area contributed by atoms with E-state index in [-0.39, 0.29) is 5.91 Å². The van der Waals surface area contributed by atoms with E-state index in [0.717, 1.165) is 19.3 Å². The minimum absolute atomic E-state index is 0.301. The first kappa shape index (κ1) is 8.35.